The molecule has 2 aliphatic heterocycles. The van der Waals surface area contributed by atoms with Gasteiger partial charge in [0.2, 0.25) is 5.95 Å². The molecule has 1 N–H and O–H groups in total. The minimum atomic E-state index is 0.237. The minimum absolute atomic E-state index is 0.237. The lowest BCUT2D eigenvalue weighted by molar-refractivity contribution is 0.188. The molecule has 0 radical (unpaired) electrons. The molecule has 6 nitrogen and oxygen atoms in total. The van der Waals surface area contributed by atoms with Gasteiger partial charge < -0.3 is 14.9 Å². The number of anilines is 2. The molecule has 6 heteroatoms. The zero-order valence-electron chi connectivity index (χ0n) is 12.6. The summed E-state index contributed by atoms with van der Waals surface area (Å²) >= 11 is 0. The molecule has 1 aromatic rings. The first-order chi connectivity index (χ1) is 10.4. The van der Waals surface area contributed by atoms with E-state index in [1.165, 1.54) is 19.3 Å². The van der Waals surface area contributed by atoms with Crippen LogP contribution in [0.4, 0.5) is 11.8 Å². The molecule has 21 heavy (non-hydrogen) atoms. The highest BCUT2D eigenvalue weighted by atomic mass is 16.3. The first-order valence-corrected chi connectivity index (χ1v) is 8.03. The van der Waals surface area contributed by atoms with E-state index < -0.39 is 0 Å². The van der Waals surface area contributed by atoms with Gasteiger partial charge in [-0.25, -0.2) is 4.98 Å². The van der Waals surface area contributed by atoms with E-state index in [1.54, 1.807) is 0 Å². The van der Waals surface area contributed by atoms with Crippen molar-refractivity contribution in [2.45, 2.75) is 19.3 Å². The van der Waals surface area contributed by atoms with Crippen LogP contribution in [0, 0.1) is 0 Å². The summed E-state index contributed by atoms with van der Waals surface area (Å²) in [5, 5.41) is 9.00. The molecule has 2 fully saturated rings. The van der Waals surface area contributed by atoms with Crippen molar-refractivity contribution in [2.24, 2.45) is 0 Å². The lowest BCUT2D eigenvalue weighted by atomic mass is 10.1. The summed E-state index contributed by atoms with van der Waals surface area (Å²) in [6.07, 6.45) is 5.74. The number of piperidine rings is 1. The van der Waals surface area contributed by atoms with Crippen LogP contribution < -0.4 is 9.80 Å². The zero-order chi connectivity index (χ0) is 14.5. The fourth-order valence-corrected chi connectivity index (χ4v) is 3.10. The van der Waals surface area contributed by atoms with E-state index in [0.717, 1.165) is 57.6 Å². The number of β-amino-alcohol motifs (C(OH)–C–C–N with tert-alkyl or cyclic N) is 1. The quantitative estimate of drug-likeness (QED) is 0.876. The second kappa shape index (κ2) is 7.04. The van der Waals surface area contributed by atoms with Crippen molar-refractivity contribution in [1.82, 2.24) is 14.9 Å². The van der Waals surface area contributed by atoms with Crippen LogP contribution in [0.15, 0.2) is 12.3 Å². The molecule has 0 aliphatic carbocycles. The van der Waals surface area contributed by atoms with E-state index in [0.29, 0.717) is 0 Å². The van der Waals surface area contributed by atoms with Crippen molar-refractivity contribution in [3.63, 3.8) is 0 Å². The van der Waals surface area contributed by atoms with Crippen molar-refractivity contribution in [1.29, 1.82) is 0 Å². The highest BCUT2D eigenvalue weighted by Crippen LogP contribution is 2.20. The fraction of sp³-hybridized carbons (Fsp3) is 0.733. The van der Waals surface area contributed by atoms with Gasteiger partial charge in [0.15, 0.2) is 0 Å². The van der Waals surface area contributed by atoms with E-state index in [4.69, 9.17) is 10.1 Å². The molecule has 0 aromatic carbocycles. The third-order valence-electron chi connectivity index (χ3n) is 4.38. The second-order valence-corrected chi connectivity index (χ2v) is 5.81. The molecule has 0 bridgehead atoms. The van der Waals surface area contributed by atoms with Gasteiger partial charge in [-0.1, -0.05) is 0 Å². The largest absolute Gasteiger partial charge is 0.395 e. The highest BCUT2D eigenvalue weighted by Gasteiger charge is 2.20. The van der Waals surface area contributed by atoms with Crippen molar-refractivity contribution >= 4 is 11.8 Å². The Hall–Kier alpha value is -1.40. The summed E-state index contributed by atoms with van der Waals surface area (Å²) in [6.45, 7) is 7.04. The monoisotopic (exact) mass is 291 g/mol. The molecular formula is C15H25N5O. The van der Waals surface area contributed by atoms with Crippen LogP contribution in [0.25, 0.3) is 0 Å². The van der Waals surface area contributed by atoms with E-state index in [9.17, 15) is 0 Å². The number of aromatic nitrogens is 2. The Balaban J connectivity index is 1.63. The van der Waals surface area contributed by atoms with Crippen molar-refractivity contribution in [3.05, 3.63) is 12.3 Å². The van der Waals surface area contributed by atoms with Gasteiger partial charge in [-0.2, -0.15) is 4.98 Å². The number of hydrogen-bond acceptors (Lipinski definition) is 6. The maximum Gasteiger partial charge on any atom is 0.227 e. The molecule has 3 rings (SSSR count). The molecule has 0 saturated carbocycles. The topological polar surface area (TPSA) is 55.7 Å². The minimum Gasteiger partial charge on any atom is -0.395 e. The SMILES string of the molecule is OCCN1CCN(c2nccc(N3CCCCC3)n2)CC1. The number of aliphatic hydroxyl groups is 1. The van der Waals surface area contributed by atoms with E-state index in [1.807, 2.05) is 12.3 Å². The van der Waals surface area contributed by atoms with Gasteiger partial charge in [0.1, 0.15) is 5.82 Å². The first kappa shape index (κ1) is 14.5. The lowest BCUT2D eigenvalue weighted by Gasteiger charge is -2.35. The maximum atomic E-state index is 9.00. The van der Waals surface area contributed by atoms with Gasteiger partial charge in [0, 0.05) is 52.0 Å². The van der Waals surface area contributed by atoms with Crippen LogP contribution in [0.2, 0.25) is 0 Å². The Morgan fingerprint density at radius 1 is 0.952 bits per heavy atom. The number of aliphatic hydroxyl groups excluding tert-OH is 1. The standard InChI is InChI=1S/C15H25N5O/c21-13-12-18-8-10-20(11-9-18)15-16-5-4-14(17-15)19-6-2-1-3-7-19/h4-5,21H,1-3,6-13H2. The third kappa shape index (κ3) is 3.63. The van der Waals surface area contributed by atoms with Gasteiger partial charge in [-0.05, 0) is 25.3 Å². The summed E-state index contributed by atoms with van der Waals surface area (Å²) in [6, 6.07) is 2.02. The van der Waals surface area contributed by atoms with Crippen LogP contribution in [0.1, 0.15) is 19.3 Å². The maximum absolute atomic E-state index is 9.00. The Kier molecular flexibility index (Phi) is 4.87. The summed E-state index contributed by atoms with van der Waals surface area (Å²) < 4.78 is 0. The van der Waals surface area contributed by atoms with Crippen LogP contribution in [-0.2, 0) is 0 Å². The second-order valence-electron chi connectivity index (χ2n) is 5.81. The summed E-state index contributed by atoms with van der Waals surface area (Å²) in [5.74, 6) is 1.92. The van der Waals surface area contributed by atoms with Crippen LogP contribution in [0.3, 0.4) is 0 Å². The normalized spacial score (nSPS) is 20.8. The Morgan fingerprint density at radius 3 is 2.43 bits per heavy atom. The van der Waals surface area contributed by atoms with Crippen LogP contribution >= 0.6 is 0 Å². The summed E-state index contributed by atoms with van der Waals surface area (Å²) in [4.78, 5) is 16.1. The van der Waals surface area contributed by atoms with Crippen LogP contribution in [0.5, 0.6) is 0 Å². The fourth-order valence-electron chi connectivity index (χ4n) is 3.10. The van der Waals surface area contributed by atoms with E-state index >= 15 is 0 Å². The van der Waals surface area contributed by atoms with E-state index in [-0.39, 0.29) is 6.61 Å². The molecule has 3 heterocycles. The van der Waals surface area contributed by atoms with Crippen LogP contribution in [-0.4, -0.2) is 72.4 Å². The molecule has 2 aliphatic rings. The molecule has 2 saturated heterocycles. The Bertz CT molecular complexity index is 441. The lowest BCUT2D eigenvalue weighted by Crippen LogP contribution is -2.47. The molecule has 0 unspecified atom stereocenters. The summed E-state index contributed by atoms with van der Waals surface area (Å²) in [7, 11) is 0. The predicted octanol–water partition coefficient (Wildman–Crippen LogP) is 0.581. The highest BCUT2D eigenvalue weighted by molar-refractivity contribution is 5.44. The Labute approximate surface area is 126 Å². The number of rotatable bonds is 4. The van der Waals surface area contributed by atoms with Crippen molar-refractivity contribution in [3.8, 4) is 0 Å². The average Bonchev–Trinajstić information content (AvgIpc) is 2.57. The molecular weight excluding hydrogens is 266 g/mol. The molecule has 116 valence electrons. The number of nitrogens with zero attached hydrogens (tertiary/aromatic N) is 5. The van der Waals surface area contributed by atoms with Gasteiger partial charge in [-0.15, -0.1) is 0 Å². The first-order valence-electron chi connectivity index (χ1n) is 8.03. The summed E-state index contributed by atoms with van der Waals surface area (Å²) in [5.41, 5.74) is 0. The Morgan fingerprint density at radius 2 is 1.71 bits per heavy atom. The third-order valence-corrected chi connectivity index (χ3v) is 4.38. The average molecular weight is 291 g/mol. The van der Waals surface area contributed by atoms with Crippen molar-refractivity contribution < 1.29 is 5.11 Å². The molecule has 1 aromatic heterocycles. The van der Waals surface area contributed by atoms with E-state index in [2.05, 4.69) is 19.7 Å². The number of piperazine rings is 1. The van der Waals surface area contributed by atoms with Gasteiger partial charge >= 0.3 is 0 Å². The van der Waals surface area contributed by atoms with Gasteiger partial charge in [-0.3, -0.25) is 4.90 Å². The smallest absolute Gasteiger partial charge is 0.227 e. The zero-order valence-corrected chi connectivity index (χ0v) is 12.6. The van der Waals surface area contributed by atoms with Crippen molar-refractivity contribution in [2.75, 3.05) is 62.2 Å². The number of hydrogen-bond donors (Lipinski definition) is 1. The predicted molar refractivity (Wildman–Crippen MR) is 83.8 cm³/mol. The van der Waals surface area contributed by atoms with Gasteiger partial charge in [0.05, 0.1) is 6.61 Å². The molecule has 0 spiro atoms. The van der Waals surface area contributed by atoms with Gasteiger partial charge in [0.25, 0.3) is 0 Å². The molecule has 0 amide bonds. The molecule has 0 atom stereocenters.